The van der Waals surface area contributed by atoms with Crippen LogP contribution in [0.1, 0.15) is 0 Å². The van der Waals surface area contributed by atoms with Crippen LogP contribution in [0.4, 0.5) is 0 Å². The lowest BCUT2D eigenvalue weighted by Crippen LogP contribution is -2.20. The molecule has 0 heterocycles. The molecule has 0 aliphatic heterocycles. The van der Waals surface area contributed by atoms with Crippen molar-refractivity contribution in [3.8, 4) is 0 Å². The highest BCUT2D eigenvalue weighted by molar-refractivity contribution is 7.79. The van der Waals surface area contributed by atoms with Gasteiger partial charge in [-0.1, -0.05) is 0 Å². The van der Waals surface area contributed by atoms with Gasteiger partial charge in [0.15, 0.2) is 17.4 Å². The summed E-state index contributed by atoms with van der Waals surface area (Å²) in [4.78, 5) is 0. The monoisotopic (exact) mass is 154 g/mol. The molecule has 4 nitrogen and oxygen atoms in total. The zero-order chi connectivity index (χ0) is 7.28. The van der Waals surface area contributed by atoms with Gasteiger partial charge >= 0.3 is 0 Å². The van der Waals surface area contributed by atoms with E-state index in [1.165, 1.54) is 14.2 Å². The maximum absolute atomic E-state index is 10.1. The molecule has 1 atom stereocenters. The highest BCUT2D eigenvalue weighted by atomic mass is 32.2. The lowest BCUT2D eigenvalue weighted by molar-refractivity contribution is -0.0852. The Kier molecular flexibility index (Phi) is 4.88. The molecule has 0 aliphatic rings. The van der Waals surface area contributed by atoms with Crippen LogP contribution in [-0.4, -0.2) is 35.0 Å². The zero-order valence-corrected chi connectivity index (χ0v) is 6.18. The molecule has 1 N–H and O–H groups in total. The van der Waals surface area contributed by atoms with Crippen LogP contribution < -0.4 is 0 Å². The van der Waals surface area contributed by atoms with Crippen molar-refractivity contribution in [1.82, 2.24) is 0 Å². The number of rotatable bonds is 4. The first-order valence-corrected chi connectivity index (χ1v) is 3.61. The van der Waals surface area contributed by atoms with Crippen LogP contribution >= 0.6 is 0 Å². The van der Waals surface area contributed by atoms with Crippen LogP contribution in [-0.2, 0) is 20.6 Å². The second-order valence-corrected chi connectivity index (χ2v) is 2.37. The van der Waals surface area contributed by atoms with Gasteiger partial charge in [-0.3, -0.25) is 0 Å². The van der Waals surface area contributed by atoms with Crippen molar-refractivity contribution < 1.29 is 18.2 Å². The second kappa shape index (κ2) is 4.87. The summed E-state index contributed by atoms with van der Waals surface area (Å²) < 4.78 is 27.6. The smallest absolute Gasteiger partial charge is 0.170 e. The van der Waals surface area contributed by atoms with Gasteiger partial charge in [-0.25, -0.2) is 4.21 Å². The van der Waals surface area contributed by atoms with Gasteiger partial charge in [0.05, 0.1) is 0 Å². The molecule has 0 aromatic carbocycles. The molecule has 9 heavy (non-hydrogen) atoms. The predicted octanol–water partition coefficient (Wildman–Crippen LogP) is -0.173. The predicted molar refractivity (Wildman–Crippen MR) is 33.4 cm³/mol. The van der Waals surface area contributed by atoms with Crippen molar-refractivity contribution in [3.63, 3.8) is 0 Å². The van der Waals surface area contributed by atoms with E-state index in [9.17, 15) is 4.21 Å². The van der Waals surface area contributed by atoms with Gasteiger partial charge in [-0.15, -0.1) is 0 Å². The first-order chi connectivity index (χ1) is 4.20. The average Bonchev–Trinajstić information content (AvgIpc) is 1.82. The Morgan fingerprint density at radius 1 is 1.56 bits per heavy atom. The fourth-order valence-corrected chi connectivity index (χ4v) is 0.854. The van der Waals surface area contributed by atoms with Gasteiger partial charge in [-0.2, -0.15) is 0 Å². The summed E-state index contributed by atoms with van der Waals surface area (Å²) in [7, 11) is 2.84. The summed E-state index contributed by atoms with van der Waals surface area (Å²) in [6, 6.07) is 0. The molecule has 0 fully saturated rings. The highest BCUT2D eigenvalue weighted by Crippen LogP contribution is 1.91. The summed E-state index contributed by atoms with van der Waals surface area (Å²) in [6.07, 6.45) is -0.573. The third-order valence-corrected chi connectivity index (χ3v) is 1.36. The Morgan fingerprint density at radius 3 is 2.11 bits per heavy atom. The van der Waals surface area contributed by atoms with Gasteiger partial charge in [0.1, 0.15) is 5.75 Å². The summed E-state index contributed by atoms with van der Waals surface area (Å²) in [5.41, 5.74) is 0. The van der Waals surface area contributed by atoms with Crippen molar-refractivity contribution in [2.75, 3.05) is 20.0 Å². The summed E-state index contributed by atoms with van der Waals surface area (Å²) in [5.74, 6) is -0.00694. The van der Waals surface area contributed by atoms with E-state index >= 15 is 0 Å². The van der Waals surface area contributed by atoms with Crippen molar-refractivity contribution in [2.45, 2.75) is 6.29 Å². The second-order valence-electron chi connectivity index (χ2n) is 1.39. The third-order valence-electron chi connectivity index (χ3n) is 0.804. The van der Waals surface area contributed by atoms with E-state index in [1.54, 1.807) is 0 Å². The molecular weight excluding hydrogens is 144 g/mol. The van der Waals surface area contributed by atoms with Crippen LogP contribution in [0.15, 0.2) is 0 Å². The van der Waals surface area contributed by atoms with Crippen LogP contribution in [0.2, 0.25) is 0 Å². The fraction of sp³-hybridized carbons (Fsp3) is 1.00. The first kappa shape index (κ1) is 9.03. The zero-order valence-electron chi connectivity index (χ0n) is 5.36. The molecule has 0 aliphatic carbocycles. The topological polar surface area (TPSA) is 55.8 Å². The average molecular weight is 154 g/mol. The van der Waals surface area contributed by atoms with Gasteiger partial charge < -0.3 is 14.0 Å². The van der Waals surface area contributed by atoms with Crippen LogP contribution in [0, 0.1) is 0 Å². The molecule has 56 valence electrons. The highest BCUT2D eigenvalue weighted by Gasteiger charge is 2.07. The summed E-state index contributed by atoms with van der Waals surface area (Å²) in [6.45, 7) is 0. The van der Waals surface area contributed by atoms with Gasteiger partial charge in [0.25, 0.3) is 0 Å². The standard InChI is InChI=1S/C4H10O4S/c1-7-4(8-2)3-9(5)6/h4H,3H2,1-2H3,(H,5,6). The summed E-state index contributed by atoms with van der Waals surface area (Å²) in [5, 5.41) is 0. The molecule has 0 saturated heterocycles. The van der Waals surface area contributed by atoms with Crippen molar-refractivity contribution >= 4 is 11.1 Å². The minimum absolute atomic E-state index is 0.00694. The molecule has 0 saturated carbocycles. The number of methoxy groups -OCH3 is 2. The van der Waals surface area contributed by atoms with Crippen LogP contribution in [0.5, 0.6) is 0 Å². The Morgan fingerprint density at radius 2 is 2.00 bits per heavy atom. The lowest BCUT2D eigenvalue weighted by Gasteiger charge is -2.09. The Labute approximate surface area is 56.4 Å². The minimum Gasteiger partial charge on any atom is -0.355 e. The minimum atomic E-state index is -1.85. The molecule has 1 unspecified atom stereocenters. The maximum Gasteiger partial charge on any atom is 0.170 e. The van der Waals surface area contributed by atoms with E-state index in [0.29, 0.717) is 0 Å². The van der Waals surface area contributed by atoms with Crippen LogP contribution in [0.25, 0.3) is 0 Å². The molecule has 0 aromatic rings. The van der Waals surface area contributed by atoms with Gasteiger partial charge in [-0.05, 0) is 0 Å². The molecule has 5 heteroatoms. The molecule has 0 radical (unpaired) electrons. The van der Waals surface area contributed by atoms with E-state index in [-0.39, 0.29) is 5.75 Å². The molecular formula is C4H10O4S. The number of hydrogen-bond acceptors (Lipinski definition) is 3. The quantitative estimate of drug-likeness (QED) is 0.451. The Hall–Kier alpha value is 0.0300. The SMILES string of the molecule is COC(CS(=O)O)OC. The van der Waals surface area contributed by atoms with E-state index < -0.39 is 17.4 Å². The Bertz CT molecular complexity index is 90.6. The number of hydrogen-bond donors (Lipinski definition) is 1. The van der Waals surface area contributed by atoms with Crippen molar-refractivity contribution in [1.29, 1.82) is 0 Å². The third kappa shape index (κ3) is 4.53. The summed E-state index contributed by atoms with van der Waals surface area (Å²) >= 11 is -1.85. The van der Waals surface area contributed by atoms with E-state index in [0.717, 1.165) is 0 Å². The largest absolute Gasteiger partial charge is 0.355 e. The lowest BCUT2D eigenvalue weighted by atomic mass is 10.7. The molecule has 0 amide bonds. The van der Waals surface area contributed by atoms with Crippen molar-refractivity contribution in [3.05, 3.63) is 0 Å². The number of ether oxygens (including phenoxy) is 2. The van der Waals surface area contributed by atoms with E-state index in [1.807, 2.05) is 0 Å². The van der Waals surface area contributed by atoms with Crippen molar-refractivity contribution in [2.24, 2.45) is 0 Å². The molecule has 0 spiro atoms. The van der Waals surface area contributed by atoms with E-state index in [4.69, 9.17) is 4.55 Å². The van der Waals surface area contributed by atoms with Gasteiger partial charge in [0.2, 0.25) is 0 Å². The molecule has 0 aromatic heterocycles. The fourth-order valence-electron chi connectivity index (χ4n) is 0.349. The van der Waals surface area contributed by atoms with Crippen LogP contribution in [0.3, 0.4) is 0 Å². The molecule has 0 bridgehead atoms. The van der Waals surface area contributed by atoms with Gasteiger partial charge in [0, 0.05) is 14.2 Å². The molecule has 0 rings (SSSR count). The van der Waals surface area contributed by atoms with E-state index in [2.05, 4.69) is 9.47 Å². The normalized spacial score (nSPS) is 14.2. The first-order valence-electron chi connectivity index (χ1n) is 2.33. The Balaban J connectivity index is 3.43. The maximum atomic E-state index is 10.1.